The zero-order valence-corrected chi connectivity index (χ0v) is 11.7. The number of aromatic nitrogens is 2. The molecule has 0 aliphatic heterocycles. The van der Waals surface area contributed by atoms with E-state index in [1.165, 1.54) is 0 Å². The fourth-order valence-electron chi connectivity index (χ4n) is 1.76. The Kier molecular flexibility index (Phi) is 4.49. The number of carbonyl (C=O) groups is 1. The largest absolute Gasteiger partial charge is 0.299 e. The smallest absolute Gasteiger partial charge is 0.139 e. The van der Waals surface area contributed by atoms with E-state index < -0.39 is 0 Å². The van der Waals surface area contributed by atoms with Crippen LogP contribution in [0.5, 0.6) is 0 Å². The molecule has 1 rings (SSSR count). The lowest BCUT2D eigenvalue weighted by Crippen LogP contribution is -2.15. The SMILES string of the molecule is CCC(C)n1ccc(CC(=O)CC(C)(C)C)n1. The number of nitrogens with zero attached hydrogens (tertiary/aromatic N) is 2. The maximum Gasteiger partial charge on any atom is 0.139 e. The lowest BCUT2D eigenvalue weighted by molar-refractivity contribution is -0.120. The first-order valence-electron chi connectivity index (χ1n) is 6.37. The first kappa shape index (κ1) is 13.9. The molecule has 0 radical (unpaired) electrons. The molecule has 0 saturated carbocycles. The molecule has 0 amide bonds. The summed E-state index contributed by atoms with van der Waals surface area (Å²) in [6, 6.07) is 2.36. The zero-order valence-electron chi connectivity index (χ0n) is 11.7. The van der Waals surface area contributed by atoms with Crippen LogP contribution in [0.2, 0.25) is 0 Å². The van der Waals surface area contributed by atoms with Crippen LogP contribution >= 0.6 is 0 Å². The molecule has 1 unspecified atom stereocenters. The summed E-state index contributed by atoms with van der Waals surface area (Å²) < 4.78 is 1.94. The molecule has 0 aromatic carbocycles. The van der Waals surface area contributed by atoms with Crippen molar-refractivity contribution in [1.29, 1.82) is 0 Å². The molecule has 0 fully saturated rings. The highest BCUT2D eigenvalue weighted by Crippen LogP contribution is 2.20. The van der Waals surface area contributed by atoms with E-state index in [1.54, 1.807) is 0 Å². The van der Waals surface area contributed by atoms with Crippen LogP contribution in [0, 0.1) is 5.41 Å². The van der Waals surface area contributed by atoms with E-state index >= 15 is 0 Å². The maximum absolute atomic E-state index is 11.8. The summed E-state index contributed by atoms with van der Waals surface area (Å²) in [6.45, 7) is 10.5. The van der Waals surface area contributed by atoms with Crippen molar-refractivity contribution in [3.8, 4) is 0 Å². The predicted octanol–water partition coefficient (Wildman–Crippen LogP) is 3.40. The van der Waals surface area contributed by atoms with Crippen molar-refractivity contribution in [2.24, 2.45) is 5.41 Å². The molecule has 0 bridgehead atoms. The molecule has 0 aliphatic carbocycles. The highest BCUT2D eigenvalue weighted by atomic mass is 16.1. The Bertz CT molecular complexity index is 374. The first-order chi connectivity index (χ1) is 7.81. The van der Waals surface area contributed by atoms with Gasteiger partial charge in [-0.15, -0.1) is 0 Å². The van der Waals surface area contributed by atoms with Gasteiger partial charge in [-0.3, -0.25) is 9.48 Å². The van der Waals surface area contributed by atoms with Crippen LogP contribution in [0.3, 0.4) is 0 Å². The third kappa shape index (κ3) is 4.72. The number of hydrogen-bond donors (Lipinski definition) is 0. The van der Waals surface area contributed by atoms with Crippen LogP contribution in [-0.4, -0.2) is 15.6 Å². The normalized spacial score (nSPS) is 13.7. The Morgan fingerprint density at radius 3 is 2.65 bits per heavy atom. The number of rotatable bonds is 5. The lowest BCUT2D eigenvalue weighted by Gasteiger charge is -2.16. The van der Waals surface area contributed by atoms with E-state index in [1.807, 2.05) is 16.9 Å². The van der Waals surface area contributed by atoms with Crippen LogP contribution < -0.4 is 0 Å². The van der Waals surface area contributed by atoms with Gasteiger partial charge in [-0.25, -0.2) is 0 Å². The molecule has 96 valence electrons. The summed E-state index contributed by atoms with van der Waals surface area (Å²) in [4.78, 5) is 11.8. The second-order valence-corrected chi connectivity index (χ2v) is 6.00. The van der Waals surface area contributed by atoms with Crippen molar-refractivity contribution >= 4 is 5.78 Å². The van der Waals surface area contributed by atoms with Crippen molar-refractivity contribution in [3.05, 3.63) is 18.0 Å². The second kappa shape index (κ2) is 5.48. The molecule has 0 saturated heterocycles. The third-order valence-corrected chi connectivity index (χ3v) is 2.81. The Morgan fingerprint density at radius 1 is 1.47 bits per heavy atom. The fourth-order valence-corrected chi connectivity index (χ4v) is 1.76. The Labute approximate surface area is 104 Å². The quantitative estimate of drug-likeness (QED) is 0.785. The second-order valence-electron chi connectivity index (χ2n) is 6.00. The summed E-state index contributed by atoms with van der Waals surface area (Å²) in [6.07, 6.45) is 4.09. The topological polar surface area (TPSA) is 34.9 Å². The average molecular weight is 236 g/mol. The minimum absolute atomic E-state index is 0.0658. The van der Waals surface area contributed by atoms with Gasteiger partial charge in [0.2, 0.25) is 0 Å². The summed E-state index contributed by atoms with van der Waals surface area (Å²) in [7, 11) is 0. The average Bonchev–Trinajstić information content (AvgIpc) is 2.62. The van der Waals surface area contributed by atoms with E-state index in [-0.39, 0.29) is 11.2 Å². The van der Waals surface area contributed by atoms with Gasteiger partial charge in [0.15, 0.2) is 0 Å². The van der Waals surface area contributed by atoms with Crippen molar-refractivity contribution in [3.63, 3.8) is 0 Å². The molecule has 3 nitrogen and oxygen atoms in total. The minimum atomic E-state index is 0.0658. The zero-order chi connectivity index (χ0) is 13.1. The van der Waals surface area contributed by atoms with Crippen molar-refractivity contribution in [1.82, 2.24) is 9.78 Å². The summed E-state index contributed by atoms with van der Waals surface area (Å²) in [5, 5.41) is 4.45. The fraction of sp³-hybridized carbons (Fsp3) is 0.714. The van der Waals surface area contributed by atoms with Gasteiger partial charge >= 0.3 is 0 Å². The van der Waals surface area contributed by atoms with E-state index in [0.717, 1.165) is 12.1 Å². The molecule has 0 N–H and O–H groups in total. The molecular weight excluding hydrogens is 212 g/mol. The third-order valence-electron chi connectivity index (χ3n) is 2.81. The van der Waals surface area contributed by atoms with E-state index in [2.05, 4.69) is 39.7 Å². The van der Waals surface area contributed by atoms with E-state index in [0.29, 0.717) is 18.9 Å². The first-order valence-corrected chi connectivity index (χ1v) is 6.37. The Balaban J connectivity index is 2.58. The van der Waals surface area contributed by atoms with Crippen LogP contribution in [0.25, 0.3) is 0 Å². The number of Topliss-reactive ketones (excluding diaryl/α,β-unsaturated/α-hetero) is 1. The predicted molar refractivity (Wildman–Crippen MR) is 70.0 cm³/mol. The van der Waals surface area contributed by atoms with Crippen LogP contribution in [0.1, 0.15) is 59.2 Å². The van der Waals surface area contributed by atoms with Crippen molar-refractivity contribution in [2.75, 3.05) is 0 Å². The lowest BCUT2D eigenvalue weighted by atomic mass is 9.89. The molecule has 1 aromatic rings. The van der Waals surface area contributed by atoms with Gasteiger partial charge in [-0.05, 0) is 24.8 Å². The van der Waals surface area contributed by atoms with Crippen LogP contribution in [0.15, 0.2) is 12.3 Å². The maximum atomic E-state index is 11.8. The van der Waals surface area contributed by atoms with Crippen molar-refractivity contribution in [2.45, 2.75) is 59.9 Å². The number of hydrogen-bond acceptors (Lipinski definition) is 2. The Hall–Kier alpha value is -1.12. The minimum Gasteiger partial charge on any atom is -0.299 e. The van der Waals surface area contributed by atoms with Gasteiger partial charge in [0, 0.05) is 18.7 Å². The number of carbonyl (C=O) groups excluding carboxylic acids is 1. The standard InChI is InChI=1S/C14H24N2O/c1-6-11(2)16-8-7-12(15-16)9-13(17)10-14(3,4)5/h7-8,11H,6,9-10H2,1-5H3. The Morgan fingerprint density at radius 2 is 2.12 bits per heavy atom. The molecule has 1 aromatic heterocycles. The van der Waals surface area contributed by atoms with Crippen LogP contribution in [-0.2, 0) is 11.2 Å². The van der Waals surface area contributed by atoms with Gasteiger partial charge in [0.25, 0.3) is 0 Å². The highest BCUT2D eigenvalue weighted by Gasteiger charge is 2.17. The molecule has 3 heteroatoms. The molecular formula is C14H24N2O. The van der Waals surface area contributed by atoms with Gasteiger partial charge in [0.05, 0.1) is 12.1 Å². The van der Waals surface area contributed by atoms with Gasteiger partial charge in [-0.2, -0.15) is 5.10 Å². The summed E-state index contributed by atoms with van der Waals surface area (Å²) in [5.41, 5.74) is 0.954. The molecule has 0 aliphatic rings. The highest BCUT2D eigenvalue weighted by molar-refractivity contribution is 5.80. The van der Waals surface area contributed by atoms with Crippen molar-refractivity contribution < 1.29 is 4.79 Å². The molecule has 17 heavy (non-hydrogen) atoms. The molecule has 0 spiro atoms. The monoisotopic (exact) mass is 236 g/mol. The number of ketones is 1. The van der Waals surface area contributed by atoms with E-state index in [4.69, 9.17) is 0 Å². The van der Waals surface area contributed by atoms with Gasteiger partial charge in [-0.1, -0.05) is 27.7 Å². The van der Waals surface area contributed by atoms with Gasteiger partial charge in [0.1, 0.15) is 5.78 Å². The molecule has 1 atom stereocenters. The summed E-state index contributed by atoms with van der Waals surface area (Å²) >= 11 is 0. The molecule has 1 heterocycles. The van der Waals surface area contributed by atoms with Crippen LogP contribution in [0.4, 0.5) is 0 Å². The summed E-state index contributed by atoms with van der Waals surface area (Å²) in [5.74, 6) is 0.270. The van der Waals surface area contributed by atoms with Gasteiger partial charge < -0.3 is 0 Å². The van der Waals surface area contributed by atoms with E-state index in [9.17, 15) is 4.79 Å².